The van der Waals surface area contributed by atoms with Crippen LogP contribution in [0, 0.1) is 0 Å². The fourth-order valence-corrected chi connectivity index (χ4v) is 4.80. The molecule has 0 saturated heterocycles. The van der Waals surface area contributed by atoms with E-state index in [9.17, 15) is 31.2 Å². The summed E-state index contributed by atoms with van der Waals surface area (Å²) in [7, 11) is -4.26. The monoisotopic (exact) mass is 581 g/mol. The first kappa shape index (κ1) is 30.7. The molecule has 1 unspecified atom stereocenters. The van der Waals surface area contributed by atoms with E-state index in [2.05, 4.69) is 5.32 Å². The van der Waals surface area contributed by atoms with Crippen LogP contribution in [-0.2, 0) is 32.3 Å². The van der Waals surface area contributed by atoms with Gasteiger partial charge in [-0.15, -0.1) is 0 Å². The van der Waals surface area contributed by atoms with Crippen LogP contribution >= 0.6 is 23.2 Å². The van der Waals surface area contributed by atoms with E-state index in [4.69, 9.17) is 23.2 Å². The number of halogens is 5. The maximum atomic E-state index is 13.6. The lowest BCUT2D eigenvalue weighted by molar-refractivity contribution is -0.140. The van der Waals surface area contributed by atoms with Gasteiger partial charge in [0.05, 0.1) is 22.5 Å². The average Bonchev–Trinajstić information content (AvgIpc) is 2.81. The number of carbonyl (C=O) groups is 2. The van der Waals surface area contributed by atoms with E-state index in [-0.39, 0.29) is 18.0 Å². The van der Waals surface area contributed by atoms with Gasteiger partial charge in [-0.2, -0.15) is 13.2 Å². The van der Waals surface area contributed by atoms with Crippen molar-refractivity contribution >= 4 is 50.7 Å². The Bertz CT molecular complexity index is 1210. The van der Waals surface area contributed by atoms with Crippen LogP contribution in [0.15, 0.2) is 42.5 Å². The van der Waals surface area contributed by atoms with Gasteiger partial charge in [-0.25, -0.2) is 8.42 Å². The number of nitrogens with one attached hydrogen (secondary N) is 1. The molecule has 0 spiro atoms. The summed E-state index contributed by atoms with van der Waals surface area (Å²) in [4.78, 5) is 27.6. The number of hydrogen-bond donors (Lipinski definition) is 1. The number of sulfonamides is 1. The van der Waals surface area contributed by atoms with Gasteiger partial charge in [0.25, 0.3) is 0 Å². The maximum Gasteiger partial charge on any atom is 0.416 e. The van der Waals surface area contributed by atoms with Crippen LogP contribution in [0.3, 0.4) is 0 Å². The molecule has 13 heteroatoms. The van der Waals surface area contributed by atoms with E-state index in [0.29, 0.717) is 40.0 Å². The van der Waals surface area contributed by atoms with Crippen LogP contribution in [0.4, 0.5) is 18.9 Å². The number of carbonyl (C=O) groups excluding carboxylic acids is 2. The van der Waals surface area contributed by atoms with Crippen molar-refractivity contribution in [2.75, 3.05) is 23.7 Å². The lowest BCUT2D eigenvalue weighted by atomic mass is 10.1. The van der Waals surface area contributed by atoms with Crippen LogP contribution in [0.5, 0.6) is 0 Å². The Morgan fingerprint density at radius 1 is 1.05 bits per heavy atom. The number of rotatable bonds is 11. The molecule has 0 fully saturated rings. The van der Waals surface area contributed by atoms with Crippen molar-refractivity contribution in [3.05, 3.63) is 63.6 Å². The molecule has 2 aromatic rings. The van der Waals surface area contributed by atoms with E-state index in [0.717, 1.165) is 12.3 Å². The Labute approximate surface area is 224 Å². The zero-order valence-corrected chi connectivity index (χ0v) is 22.8. The van der Waals surface area contributed by atoms with Crippen molar-refractivity contribution in [3.63, 3.8) is 0 Å². The third kappa shape index (κ3) is 8.51. The Morgan fingerprint density at radius 3 is 2.19 bits per heavy atom. The molecule has 2 rings (SSSR count). The SMILES string of the molecule is CCCNC(=O)C(CC)N(Cc1ccc(Cl)cc1)C(=O)CN(c1cc(C(F)(F)F)ccc1Cl)S(C)(=O)=O. The van der Waals surface area contributed by atoms with Crippen LogP contribution in [0.1, 0.15) is 37.8 Å². The largest absolute Gasteiger partial charge is 0.416 e. The zero-order chi connectivity index (χ0) is 28.0. The number of nitrogens with zero attached hydrogens (tertiary/aromatic N) is 2. The number of anilines is 1. The van der Waals surface area contributed by atoms with Crippen molar-refractivity contribution in [1.82, 2.24) is 10.2 Å². The molecule has 0 aromatic heterocycles. The van der Waals surface area contributed by atoms with Gasteiger partial charge in [0.2, 0.25) is 21.8 Å². The standard InChI is InChI=1S/C24H28Cl2F3N3O4S/c1-4-12-30-23(34)20(5-2)31(14-16-6-9-18(25)10-7-16)22(33)15-32(37(3,35)36)21-13-17(24(27,28)29)8-11-19(21)26/h6-11,13,20H,4-5,12,14-15H2,1-3H3,(H,30,34). The minimum Gasteiger partial charge on any atom is -0.354 e. The molecule has 204 valence electrons. The van der Waals surface area contributed by atoms with Crippen molar-refractivity contribution in [1.29, 1.82) is 0 Å². The summed E-state index contributed by atoms with van der Waals surface area (Å²) in [6.07, 6.45) is -3.15. The number of hydrogen-bond acceptors (Lipinski definition) is 4. The Morgan fingerprint density at radius 2 is 1.68 bits per heavy atom. The Balaban J connectivity index is 2.52. The molecule has 0 saturated carbocycles. The van der Waals surface area contributed by atoms with E-state index < -0.39 is 51.9 Å². The van der Waals surface area contributed by atoms with Gasteiger partial charge in [0.1, 0.15) is 12.6 Å². The molecule has 0 heterocycles. The van der Waals surface area contributed by atoms with Crippen LogP contribution < -0.4 is 9.62 Å². The zero-order valence-electron chi connectivity index (χ0n) is 20.5. The Kier molecular flexibility index (Phi) is 10.7. The molecule has 1 atom stereocenters. The van der Waals surface area contributed by atoms with Crippen molar-refractivity contribution < 1.29 is 31.2 Å². The Hall–Kier alpha value is -2.50. The maximum absolute atomic E-state index is 13.6. The van der Waals surface area contributed by atoms with Crippen LogP contribution in [0.2, 0.25) is 10.0 Å². The summed E-state index contributed by atoms with van der Waals surface area (Å²) in [6.45, 7) is 2.98. The molecule has 37 heavy (non-hydrogen) atoms. The lowest BCUT2D eigenvalue weighted by Crippen LogP contribution is -2.52. The summed E-state index contributed by atoms with van der Waals surface area (Å²) >= 11 is 12.0. The van der Waals surface area contributed by atoms with Crippen LogP contribution in [-0.4, -0.2) is 50.5 Å². The first-order valence-electron chi connectivity index (χ1n) is 11.3. The smallest absolute Gasteiger partial charge is 0.354 e. The van der Waals surface area contributed by atoms with Crippen molar-refractivity contribution in [3.8, 4) is 0 Å². The highest BCUT2D eigenvalue weighted by Gasteiger charge is 2.35. The second-order valence-corrected chi connectivity index (χ2v) is 11.0. The molecule has 0 bridgehead atoms. The minimum atomic E-state index is -4.77. The highest BCUT2D eigenvalue weighted by atomic mass is 35.5. The minimum absolute atomic E-state index is 0.0675. The van der Waals surface area contributed by atoms with E-state index in [1.807, 2.05) is 6.92 Å². The third-order valence-corrected chi connectivity index (χ3v) is 7.12. The fourth-order valence-electron chi connectivity index (χ4n) is 3.55. The fraction of sp³-hybridized carbons (Fsp3) is 0.417. The summed E-state index contributed by atoms with van der Waals surface area (Å²) in [5, 5.41) is 2.90. The van der Waals surface area contributed by atoms with Gasteiger partial charge in [0.15, 0.2) is 0 Å². The molecular weight excluding hydrogens is 554 g/mol. The predicted molar refractivity (Wildman–Crippen MR) is 138 cm³/mol. The summed E-state index contributed by atoms with van der Waals surface area (Å²) in [6, 6.07) is 7.74. The average molecular weight is 582 g/mol. The molecule has 0 aliphatic rings. The number of alkyl halides is 3. The highest BCUT2D eigenvalue weighted by Crippen LogP contribution is 2.36. The molecule has 1 N–H and O–H groups in total. The second kappa shape index (κ2) is 12.8. The van der Waals surface area contributed by atoms with Gasteiger partial charge in [-0.1, -0.05) is 49.2 Å². The van der Waals surface area contributed by atoms with E-state index in [1.165, 1.54) is 4.90 Å². The predicted octanol–water partition coefficient (Wildman–Crippen LogP) is 5.11. The van der Waals surface area contributed by atoms with Gasteiger partial charge in [-0.3, -0.25) is 13.9 Å². The molecule has 0 aliphatic carbocycles. The summed E-state index contributed by atoms with van der Waals surface area (Å²) in [5.74, 6) is -1.23. The highest BCUT2D eigenvalue weighted by molar-refractivity contribution is 7.92. The van der Waals surface area contributed by atoms with Crippen molar-refractivity contribution in [2.45, 2.75) is 45.5 Å². The first-order chi connectivity index (χ1) is 17.2. The molecule has 2 amide bonds. The first-order valence-corrected chi connectivity index (χ1v) is 14.0. The number of amides is 2. The van der Waals surface area contributed by atoms with Gasteiger partial charge >= 0.3 is 6.18 Å². The normalized spacial score (nSPS) is 12.6. The summed E-state index contributed by atoms with van der Waals surface area (Å²) < 4.78 is 65.8. The third-order valence-electron chi connectivity index (χ3n) is 5.42. The molecule has 2 aromatic carbocycles. The molecule has 0 radical (unpaired) electrons. The van der Waals surface area contributed by atoms with Gasteiger partial charge in [-0.05, 0) is 48.7 Å². The van der Waals surface area contributed by atoms with Gasteiger partial charge < -0.3 is 10.2 Å². The summed E-state index contributed by atoms with van der Waals surface area (Å²) in [5.41, 5.74) is -1.01. The molecular formula is C24H28Cl2F3N3O4S. The molecule has 7 nitrogen and oxygen atoms in total. The lowest BCUT2D eigenvalue weighted by Gasteiger charge is -2.33. The van der Waals surface area contributed by atoms with Crippen LogP contribution in [0.25, 0.3) is 0 Å². The quantitative estimate of drug-likeness (QED) is 0.399. The van der Waals surface area contributed by atoms with Gasteiger partial charge in [0, 0.05) is 18.1 Å². The molecule has 0 aliphatic heterocycles. The van der Waals surface area contributed by atoms with Crippen molar-refractivity contribution in [2.24, 2.45) is 0 Å². The topological polar surface area (TPSA) is 86.8 Å². The number of benzene rings is 2. The second-order valence-electron chi connectivity index (χ2n) is 8.30. The van der Waals surface area contributed by atoms with E-state index >= 15 is 0 Å². The van der Waals surface area contributed by atoms with E-state index in [1.54, 1.807) is 31.2 Å².